The van der Waals surface area contributed by atoms with E-state index < -0.39 is 0 Å². The highest BCUT2D eigenvalue weighted by Gasteiger charge is 2.38. The second-order valence-corrected chi connectivity index (χ2v) is 6.13. The van der Waals surface area contributed by atoms with Crippen molar-refractivity contribution < 1.29 is 4.74 Å². The summed E-state index contributed by atoms with van der Waals surface area (Å²) in [5.41, 5.74) is 4.40. The molecule has 1 heterocycles. The van der Waals surface area contributed by atoms with Crippen LogP contribution in [-0.2, 0) is 5.41 Å². The maximum absolute atomic E-state index is 5.14. The maximum Gasteiger partial charge on any atom is 0.119 e. The number of azo groups is 1. The van der Waals surface area contributed by atoms with Gasteiger partial charge in [-0.15, -0.1) is 0 Å². The number of fused-ring (bicyclic) bond motifs is 1. The Hall–Kier alpha value is -2.62. The van der Waals surface area contributed by atoms with Gasteiger partial charge in [0.25, 0.3) is 0 Å². The molecule has 0 fully saturated rings. The van der Waals surface area contributed by atoms with E-state index in [0.717, 1.165) is 17.1 Å². The van der Waals surface area contributed by atoms with Crippen molar-refractivity contribution in [2.24, 2.45) is 10.2 Å². The van der Waals surface area contributed by atoms with Crippen LogP contribution in [0.3, 0.4) is 0 Å². The van der Waals surface area contributed by atoms with E-state index in [1.165, 1.54) is 11.3 Å². The molecule has 4 nitrogen and oxygen atoms in total. The summed E-state index contributed by atoms with van der Waals surface area (Å²) in [6, 6.07) is 16.0. The fourth-order valence-electron chi connectivity index (χ4n) is 3.03. The summed E-state index contributed by atoms with van der Waals surface area (Å²) in [5, 5.41) is 8.56. The molecule has 0 bridgehead atoms. The molecule has 0 saturated heterocycles. The van der Waals surface area contributed by atoms with Crippen LogP contribution in [0, 0.1) is 0 Å². The van der Waals surface area contributed by atoms with Crippen LogP contribution in [-0.4, -0.2) is 14.2 Å². The van der Waals surface area contributed by atoms with E-state index in [1.807, 2.05) is 30.5 Å². The summed E-state index contributed by atoms with van der Waals surface area (Å²) in [4.78, 5) is 2.18. The molecule has 1 aliphatic heterocycles. The van der Waals surface area contributed by atoms with Crippen molar-refractivity contribution in [1.82, 2.24) is 0 Å². The van der Waals surface area contributed by atoms with Crippen LogP contribution in [0.5, 0.6) is 5.75 Å². The summed E-state index contributed by atoms with van der Waals surface area (Å²) in [6.45, 7) is 4.42. The average molecular weight is 307 g/mol. The van der Waals surface area contributed by atoms with Gasteiger partial charge in [-0.1, -0.05) is 32.0 Å². The first-order valence-corrected chi connectivity index (χ1v) is 7.63. The van der Waals surface area contributed by atoms with E-state index >= 15 is 0 Å². The average Bonchev–Trinajstić information content (AvgIpc) is 2.76. The van der Waals surface area contributed by atoms with Gasteiger partial charge in [-0.3, -0.25) is 0 Å². The lowest BCUT2D eigenvalue weighted by Crippen LogP contribution is -2.22. The number of allylic oxidation sites excluding steroid dienone is 1. The van der Waals surface area contributed by atoms with Crippen molar-refractivity contribution in [2.75, 3.05) is 19.1 Å². The number of nitrogens with zero attached hydrogens (tertiary/aromatic N) is 3. The van der Waals surface area contributed by atoms with Gasteiger partial charge < -0.3 is 9.64 Å². The maximum atomic E-state index is 5.14. The van der Waals surface area contributed by atoms with Gasteiger partial charge in [0.05, 0.1) is 19.0 Å². The molecule has 0 spiro atoms. The Bertz CT molecular complexity index is 760. The number of para-hydroxylation sites is 1. The van der Waals surface area contributed by atoms with Gasteiger partial charge in [-0.25, -0.2) is 0 Å². The minimum absolute atomic E-state index is 0.0791. The first kappa shape index (κ1) is 15.3. The Labute approximate surface area is 137 Å². The van der Waals surface area contributed by atoms with E-state index in [1.54, 1.807) is 7.11 Å². The molecular weight excluding hydrogens is 286 g/mol. The molecule has 2 aromatic carbocycles. The third-order valence-electron chi connectivity index (χ3n) is 4.37. The van der Waals surface area contributed by atoms with Gasteiger partial charge in [-0.05, 0) is 35.9 Å². The second-order valence-electron chi connectivity index (χ2n) is 6.13. The molecule has 0 saturated carbocycles. The second kappa shape index (κ2) is 5.88. The molecule has 0 aliphatic carbocycles. The fraction of sp³-hybridized carbons (Fsp3) is 0.263. The van der Waals surface area contributed by atoms with E-state index in [0.29, 0.717) is 0 Å². The van der Waals surface area contributed by atoms with Crippen molar-refractivity contribution in [3.63, 3.8) is 0 Å². The lowest BCUT2D eigenvalue weighted by Gasteiger charge is -2.22. The van der Waals surface area contributed by atoms with Crippen molar-refractivity contribution in [3.8, 4) is 5.75 Å². The van der Waals surface area contributed by atoms with Crippen LogP contribution in [0.1, 0.15) is 19.4 Å². The lowest BCUT2D eigenvalue weighted by atomic mass is 9.84. The zero-order chi connectivity index (χ0) is 16.4. The summed E-state index contributed by atoms with van der Waals surface area (Å²) in [6.07, 6.45) is 1.85. The number of hydrogen-bond acceptors (Lipinski definition) is 4. The van der Waals surface area contributed by atoms with E-state index in [4.69, 9.17) is 4.74 Å². The van der Waals surface area contributed by atoms with Crippen LogP contribution in [0.15, 0.2) is 70.7 Å². The fourth-order valence-corrected chi connectivity index (χ4v) is 3.03. The summed E-state index contributed by atoms with van der Waals surface area (Å²) < 4.78 is 5.14. The zero-order valence-electron chi connectivity index (χ0n) is 13.9. The number of likely N-dealkylation sites (N-methyl/N-ethyl adjacent to an activating group) is 1. The van der Waals surface area contributed by atoms with Crippen molar-refractivity contribution >= 4 is 11.4 Å². The molecule has 0 aromatic heterocycles. The number of ether oxygens (including phenoxy) is 1. The van der Waals surface area contributed by atoms with E-state index in [9.17, 15) is 0 Å². The third kappa shape index (κ3) is 2.72. The number of benzene rings is 2. The molecule has 3 rings (SSSR count). The predicted octanol–water partition coefficient (Wildman–Crippen LogP) is 5.05. The van der Waals surface area contributed by atoms with Crippen molar-refractivity contribution in [1.29, 1.82) is 0 Å². The SMILES string of the molecule is COc1ccc(N=NC=C2N(C)c3ccccc3C2(C)C)cc1. The molecule has 1 aliphatic rings. The quantitative estimate of drug-likeness (QED) is 0.744. The van der Waals surface area contributed by atoms with Crippen molar-refractivity contribution in [2.45, 2.75) is 19.3 Å². The molecular formula is C19H21N3O. The van der Waals surface area contributed by atoms with Crippen LogP contribution in [0.25, 0.3) is 0 Å². The zero-order valence-corrected chi connectivity index (χ0v) is 13.9. The molecule has 0 amide bonds. The molecule has 4 heteroatoms. The Morgan fingerprint density at radius 1 is 1.04 bits per heavy atom. The smallest absolute Gasteiger partial charge is 0.119 e. The van der Waals surface area contributed by atoms with Gasteiger partial charge in [0.1, 0.15) is 5.75 Å². The monoisotopic (exact) mass is 307 g/mol. The highest BCUT2D eigenvalue weighted by atomic mass is 16.5. The minimum atomic E-state index is -0.0791. The standard InChI is InChI=1S/C19H21N3O/c1-19(2)16-7-5-6-8-17(16)22(3)18(19)13-20-21-14-9-11-15(23-4)12-10-14/h5-13H,1-4H3. The van der Waals surface area contributed by atoms with Gasteiger partial charge >= 0.3 is 0 Å². The molecule has 0 N–H and O–H groups in total. The van der Waals surface area contributed by atoms with Crippen LogP contribution in [0.2, 0.25) is 0 Å². The highest BCUT2D eigenvalue weighted by molar-refractivity contribution is 5.69. The predicted molar refractivity (Wildman–Crippen MR) is 93.5 cm³/mol. The van der Waals surface area contributed by atoms with Gasteiger partial charge in [0, 0.05) is 23.8 Å². The molecule has 0 radical (unpaired) electrons. The van der Waals surface area contributed by atoms with Crippen LogP contribution < -0.4 is 9.64 Å². The molecule has 0 unspecified atom stereocenters. The topological polar surface area (TPSA) is 37.2 Å². The summed E-state index contributed by atoms with van der Waals surface area (Å²) in [5.74, 6) is 0.814. The normalized spacial score (nSPS) is 17.7. The molecule has 118 valence electrons. The Morgan fingerprint density at radius 2 is 1.74 bits per heavy atom. The largest absolute Gasteiger partial charge is 0.497 e. The van der Waals surface area contributed by atoms with Gasteiger partial charge in [0.2, 0.25) is 0 Å². The highest BCUT2D eigenvalue weighted by Crippen LogP contribution is 2.46. The van der Waals surface area contributed by atoms with Gasteiger partial charge in [0.15, 0.2) is 0 Å². The summed E-state index contributed by atoms with van der Waals surface area (Å²) >= 11 is 0. The third-order valence-corrected chi connectivity index (χ3v) is 4.37. The molecule has 0 atom stereocenters. The number of rotatable bonds is 3. The Morgan fingerprint density at radius 3 is 2.39 bits per heavy atom. The lowest BCUT2D eigenvalue weighted by molar-refractivity contribution is 0.415. The Balaban J connectivity index is 1.86. The first-order chi connectivity index (χ1) is 11.0. The Kier molecular flexibility index (Phi) is 3.90. The first-order valence-electron chi connectivity index (χ1n) is 7.63. The van der Waals surface area contributed by atoms with Crippen LogP contribution >= 0.6 is 0 Å². The van der Waals surface area contributed by atoms with Crippen molar-refractivity contribution in [3.05, 3.63) is 66.0 Å². The van der Waals surface area contributed by atoms with E-state index in [2.05, 4.69) is 60.3 Å². The minimum Gasteiger partial charge on any atom is -0.497 e. The van der Waals surface area contributed by atoms with Gasteiger partial charge in [-0.2, -0.15) is 10.2 Å². The van der Waals surface area contributed by atoms with E-state index in [-0.39, 0.29) is 5.41 Å². The molecule has 2 aromatic rings. The summed E-state index contributed by atoms with van der Waals surface area (Å²) in [7, 11) is 3.72. The van der Waals surface area contributed by atoms with Crippen LogP contribution in [0.4, 0.5) is 11.4 Å². The number of hydrogen-bond donors (Lipinski definition) is 0. The number of anilines is 1. The number of methoxy groups -OCH3 is 1. The molecule has 23 heavy (non-hydrogen) atoms.